The summed E-state index contributed by atoms with van der Waals surface area (Å²) in [6.45, 7) is 0. The number of alkyl halides is 6. The second-order valence-electron chi connectivity index (χ2n) is 8.28. The summed E-state index contributed by atoms with van der Waals surface area (Å²) in [6.07, 6.45) is -8.66. The molecule has 0 unspecified atom stereocenters. The average Bonchev–Trinajstić information content (AvgIpc) is 3.46. The summed E-state index contributed by atoms with van der Waals surface area (Å²) in [6, 6.07) is 13.0. The molecule has 0 atom stereocenters. The van der Waals surface area contributed by atoms with Gasteiger partial charge >= 0.3 is 12.4 Å². The van der Waals surface area contributed by atoms with Crippen molar-refractivity contribution in [3.8, 4) is 36.4 Å². The molecule has 0 N–H and O–H groups in total. The third kappa shape index (κ3) is 4.42. The monoisotopic (exact) mass is 568 g/mol. The topological polar surface area (TPSA) is 169 Å². The van der Waals surface area contributed by atoms with E-state index in [1.54, 1.807) is 36.4 Å². The van der Waals surface area contributed by atoms with E-state index in [0.29, 0.717) is 24.5 Å². The van der Waals surface area contributed by atoms with Gasteiger partial charge in [-0.1, -0.05) is 0 Å². The van der Waals surface area contributed by atoms with Crippen LogP contribution >= 0.6 is 0 Å². The van der Waals surface area contributed by atoms with E-state index < -0.39 is 56.9 Å². The second kappa shape index (κ2) is 10.2. The summed E-state index contributed by atoms with van der Waals surface area (Å²) < 4.78 is 79.0. The Morgan fingerprint density at radius 1 is 0.524 bits per heavy atom. The molecule has 8 nitrogen and oxygen atoms in total. The summed E-state index contributed by atoms with van der Waals surface area (Å²) in [4.78, 5) is 7.50. The Kier molecular flexibility index (Phi) is 6.96. The molecule has 0 fully saturated rings. The number of halogens is 6. The fourth-order valence-corrected chi connectivity index (χ4v) is 4.43. The SMILES string of the molecule is N#CC(C#N)=C1C2=C(C(C#N)=C1c1ccc(C(F)(F)F)cn1)C(=C(C#N)C#N)C(c1ccc(C(F)(F)F)cn1)=C2C#N. The molecule has 42 heavy (non-hydrogen) atoms. The Bertz CT molecular complexity index is 1800. The minimum absolute atomic E-state index is 0.307. The predicted octanol–water partition coefficient (Wildman–Crippen LogP) is 5.78. The Morgan fingerprint density at radius 3 is 1.07 bits per heavy atom. The zero-order chi connectivity index (χ0) is 31.0. The van der Waals surface area contributed by atoms with Crippen molar-refractivity contribution in [1.29, 1.82) is 31.6 Å². The maximum absolute atomic E-state index is 13.2. The van der Waals surface area contributed by atoms with Gasteiger partial charge in [0.1, 0.15) is 47.6 Å². The zero-order valence-corrected chi connectivity index (χ0v) is 20.3. The fraction of sp³-hybridized carbons (Fsp3) is 0.0714. The Labute approximate surface area is 231 Å². The fourth-order valence-electron chi connectivity index (χ4n) is 4.43. The molecule has 2 aromatic heterocycles. The van der Waals surface area contributed by atoms with Crippen molar-refractivity contribution < 1.29 is 26.3 Å². The number of pyridine rings is 2. The molecule has 0 amide bonds. The molecule has 2 heterocycles. The first-order chi connectivity index (χ1) is 19.9. The average molecular weight is 568 g/mol. The first kappa shape index (κ1) is 28.5. The predicted molar refractivity (Wildman–Crippen MR) is 127 cm³/mol. The maximum Gasteiger partial charge on any atom is 0.417 e. The standard InChI is InChI=1S/C28H6F6N8/c29-27(30,31)15-1-3-19(41-11-15)23-17(9-39)25-22(14(7-37)8-38)24(20-4-2-16(12-42-20)28(32,33)34)18(10-40)26(25)21(23)13(5-35)6-36/h1-4,11-12H. The number of allylic oxidation sites excluding steroid dienone is 10. The highest BCUT2D eigenvalue weighted by Crippen LogP contribution is 2.57. The van der Waals surface area contributed by atoms with Crippen LogP contribution in [-0.4, -0.2) is 9.97 Å². The molecule has 0 radical (unpaired) electrons. The molecular weight excluding hydrogens is 562 g/mol. The van der Waals surface area contributed by atoms with Crippen LogP contribution in [0, 0.1) is 68.0 Å². The molecule has 0 spiro atoms. The highest BCUT2D eigenvalue weighted by molar-refractivity contribution is 6.10. The minimum Gasteiger partial charge on any atom is -0.256 e. The van der Waals surface area contributed by atoms with Crippen LogP contribution in [0.3, 0.4) is 0 Å². The zero-order valence-electron chi connectivity index (χ0n) is 20.3. The normalized spacial score (nSPS) is 14.4. The largest absolute Gasteiger partial charge is 0.417 e. The first-order valence-corrected chi connectivity index (χ1v) is 11.1. The molecule has 0 saturated carbocycles. The van der Waals surface area contributed by atoms with Crippen LogP contribution in [0.2, 0.25) is 0 Å². The first-order valence-electron chi connectivity index (χ1n) is 11.1. The van der Waals surface area contributed by atoms with Crippen molar-refractivity contribution in [1.82, 2.24) is 9.97 Å². The summed E-state index contributed by atoms with van der Waals surface area (Å²) >= 11 is 0. The molecule has 2 aromatic rings. The summed E-state index contributed by atoms with van der Waals surface area (Å²) in [5, 5.41) is 59.3. The van der Waals surface area contributed by atoms with Gasteiger partial charge in [-0.05, 0) is 24.3 Å². The van der Waals surface area contributed by atoms with E-state index in [1.165, 1.54) is 0 Å². The van der Waals surface area contributed by atoms with Crippen LogP contribution in [0.25, 0.3) is 11.1 Å². The van der Waals surface area contributed by atoms with Crippen LogP contribution in [-0.2, 0) is 12.4 Å². The van der Waals surface area contributed by atoms with Gasteiger partial charge < -0.3 is 0 Å². The Hall–Kier alpha value is -6.48. The number of nitrogens with zero attached hydrogens (tertiary/aromatic N) is 8. The molecule has 0 aliphatic heterocycles. The highest BCUT2D eigenvalue weighted by atomic mass is 19.4. The van der Waals surface area contributed by atoms with E-state index >= 15 is 0 Å². The highest BCUT2D eigenvalue weighted by Gasteiger charge is 2.45. The lowest BCUT2D eigenvalue weighted by Crippen LogP contribution is -2.07. The van der Waals surface area contributed by atoms with Gasteiger partial charge in [0, 0.05) is 45.8 Å². The Morgan fingerprint density at radius 2 is 0.857 bits per heavy atom. The molecule has 0 bridgehead atoms. The maximum atomic E-state index is 13.2. The van der Waals surface area contributed by atoms with Crippen molar-refractivity contribution in [3.63, 3.8) is 0 Å². The summed E-state index contributed by atoms with van der Waals surface area (Å²) in [7, 11) is 0. The van der Waals surface area contributed by atoms with Crippen molar-refractivity contribution >= 4 is 11.1 Å². The smallest absolute Gasteiger partial charge is 0.256 e. The van der Waals surface area contributed by atoms with Gasteiger partial charge in [-0.3, -0.25) is 9.97 Å². The van der Waals surface area contributed by atoms with E-state index in [1.807, 2.05) is 0 Å². The quantitative estimate of drug-likeness (QED) is 0.324. The molecule has 0 saturated heterocycles. The Balaban J connectivity index is 2.14. The second-order valence-corrected chi connectivity index (χ2v) is 8.28. The minimum atomic E-state index is -4.78. The summed E-state index contributed by atoms with van der Waals surface area (Å²) in [5.41, 5.74) is -7.30. The molecular formula is C28H6F6N8. The van der Waals surface area contributed by atoms with Crippen molar-refractivity contribution in [2.24, 2.45) is 0 Å². The van der Waals surface area contributed by atoms with Gasteiger partial charge in [-0.2, -0.15) is 57.9 Å². The number of hydrogen-bond donors (Lipinski definition) is 0. The van der Waals surface area contributed by atoms with Crippen LogP contribution in [0.1, 0.15) is 22.5 Å². The molecule has 2 aliphatic rings. The van der Waals surface area contributed by atoms with Crippen LogP contribution in [0.15, 0.2) is 81.2 Å². The van der Waals surface area contributed by atoms with Crippen molar-refractivity contribution in [2.75, 3.05) is 0 Å². The third-order valence-electron chi connectivity index (χ3n) is 6.11. The van der Waals surface area contributed by atoms with Gasteiger partial charge in [-0.25, -0.2) is 0 Å². The molecule has 4 rings (SSSR count). The van der Waals surface area contributed by atoms with Crippen LogP contribution in [0.4, 0.5) is 26.3 Å². The van der Waals surface area contributed by atoms with Crippen molar-refractivity contribution in [3.05, 3.63) is 104 Å². The number of nitriles is 6. The van der Waals surface area contributed by atoms with Gasteiger partial charge in [0.05, 0.1) is 33.7 Å². The lowest BCUT2D eigenvalue weighted by molar-refractivity contribution is -0.138. The van der Waals surface area contributed by atoms with Gasteiger partial charge in [0.2, 0.25) is 0 Å². The molecule has 2 aliphatic carbocycles. The third-order valence-corrected chi connectivity index (χ3v) is 6.11. The lowest BCUT2D eigenvalue weighted by Gasteiger charge is -2.15. The number of rotatable bonds is 2. The molecule has 0 aromatic carbocycles. The van der Waals surface area contributed by atoms with Gasteiger partial charge in [0.25, 0.3) is 0 Å². The molecule has 14 heteroatoms. The summed E-state index contributed by atoms with van der Waals surface area (Å²) in [5.74, 6) is 0. The van der Waals surface area contributed by atoms with E-state index in [-0.39, 0.29) is 33.7 Å². The lowest BCUT2D eigenvalue weighted by atomic mass is 9.87. The van der Waals surface area contributed by atoms with Crippen molar-refractivity contribution in [2.45, 2.75) is 12.4 Å². The van der Waals surface area contributed by atoms with E-state index in [4.69, 9.17) is 0 Å². The van der Waals surface area contributed by atoms with E-state index in [0.717, 1.165) is 12.1 Å². The van der Waals surface area contributed by atoms with E-state index in [2.05, 4.69) is 9.97 Å². The van der Waals surface area contributed by atoms with Crippen LogP contribution < -0.4 is 0 Å². The molecule has 200 valence electrons. The number of hydrogen-bond acceptors (Lipinski definition) is 8. The van der Waals surface area contributed by atoms with E-state index in [9.17, 15) is 57.9 Å². The van der Waals surface area contributed by atoms with Gasteiger partial charge in [0.15, 0.2) is 0 Å². The van der Waals surface area contributed by atoms with Gasteiger partial charge in [-0.15, -0.1) is 0 Å². The van der Waals surface area contributed by atoms with Crippen LogP contribution in [0.5, 0.6) is 0 Å². The number of aromatic nitrogens is 2.